The first-order chi connectivity index (χ1) is 13.0. The number of anilines is 1. The lowest BCUT2D eigenvalue weighted by Crippen LogP contribution is -2.44. The molecule has 1 atom stereocenters. The highest BCUT2D eigenvalue weighted by molar-refractivity contribution is 5.90. The van der Waals surface area contributed by atoms with Gasteiger partial charge in [0.25, 0.3) is 5.91 Å². The summed E-state index contributed by atoms with van der Waals surface area (Å²) in [4.78, 5) is 24.5. The molecule has 1 aromatic carbocycles. The lowest BCUT2D eigenvalue weighted by Gasteiger charge is -2.40. The number of halogens is 1. The van der Waals surface area contributed by atoms with E-state index in [0.717, 1.165) is 56.9 Å². The Morgan fingerprint density at radius 2 is 1.96 bits per heavy atom. The zero-order chi connectivity index (χ0) is 18.9. The summed E-state index contributed by atoms with van der Waals surface area (Å²) in [6.45, 7) is 4.74. The van der Waals surface area contributed by atoms with E-state index in [-0.39, 0.29) is 16.9 Å². The van der Waals surface area contributed by atoms with E-state index >= 15 is 0 Å². The monoisotopic (exact) mass is 369 g/mol. The SMILES string of the molecule is NC(=O)c1cncc(N2CC[C@]3(CCCN(Cc4ccc(F)cc4)C3)C2)n1. The van der Waals surface area contributed by atoms with Crippen molar-refractivity contribution in [2.45, 2.75) is 25.8 Å². The largest absolute Gasteiger partial charge is 0.364 e. The highest BCUT2D eigenvalue weighted by Crippen LogP contribution is 2.40. The lowest BCUT2D eigenvalue weighted by molar-refractivity contribution is 0.0991. The van der Waals surface area contributed by atoms with Crippen LogP contribution < -0.4 is 10.6 Å². The average Bonchev–Trinajstić information content (AvgIpc) is 3.07. The minimum atomic E-state index is -0.554. The molecule has 1 amide bonds. The maximum atomic E-state index is 13.1. The fourth-order valence-corrected chi connectivity index (χ4v) is 4.38. The molecule has 0 saturated carbocycles. The fourth-order valence-electron chi connectivity index (χ4n) is 4.38. The number of benzene rings is 1. The number of nitrogens with zero attached hydrogens (tertiary/aromatic N) is 4. The molecule has 0 unspecified atom stereocenters. The van der Waals surface area contributed by atoms with Crippen molar-refractivity contribution in [2.24, 2.45) is 11.1 Å². The number of primary amides is 1. The van der Waals surface area contributed by atoms with E-state index < -0.39 is 5.91 Å². The third-order valence-corrected chi connectivity index (χ3v) is 5.70. The van der Waals surface area contributed by atoms with Gasteiger partial charge in [0.05, 0.1) is 12.4 Å². The molecule has 3 heterocycles. The van der Waals surface area contributed by atoms with E-state index in [2.05, 4.69) is 19.8 Å². The number of likely N-dealkylation sites (tertiary alicyclic amines) is 1. The molecule has 2 aliphatic heterocycles. The van der Waals surface area contributed by atoms with Gasteiger partial charge in [0.2, 0.25) is 0 Å². The Balaban J connectivity index is 1.44. The van der Waals surface area contributed by atoms with Gasteiger partial charge in [0, 0.05) is 31.6 Å². The molecule has 2 fully saturated rings. The number of aromatic nitrogens is 2. The molecule has 2 aromatic rings. The quantitative estimate of drug-likeness (QED) is 0.894. The standard InChI is InChI=1S/C20H24FN5O/c21-16-4-2-15(3-5-16)12-25-8-1-6-20(13-25)7-9-26(14-20)18-11-23-10-17(24-18)19(22)27/h2-5,10-11H,1,6-9,12-14H2,(H2,22,27)/t20-/m0/s1. The number of hydrogen-bond donors (Lipinski definition) is 1. The first kappa shape index (κ1) is 17.9. The molecule has 7 heteroatoms. The van der Waals surface area contributed by atoms with Gasteiger partial charge in [-0.25, -0.2) is 9.37 Å². The summed E-state index contributed by atoms with van der Waals surface area (Å²) in [5, 5.41) is 0. The molecule has 2 N–H and O–H groups in total. The van der Waals surface area contributed by atoms with Crippen LogP contribution in [0.3, 0.4) is 0 Å². The van der Waals surface area contributed by atoms with Crippen molar-refractivity contribution in [3.63, 3.8) is 0 Å². The minimum absolute atomic E-state index is 0.195. The van der Waals surface area contributed by atoms with Gasteiger partial charge in [0.1, 0.15) is 17.3 Å². The van der Waals surface area contributed by atoms with Gasteiger partial charge in [-0.15, -0.1) is 0 Å². The first-order valence-electron chi connectivity index (χ1n) is 9.37. The Hall–Kier alpha value is -2.54. The van der Waals surface area contributed by atoms with Crippen LogP contribution in [0, 0.1) is 11.2 Å². The number of carbonyl (C=O) groups is 1. The second-order valence-electron chi connectivity index (χ2n) is 7.74. The number of rotatable bonds is 4. The van der Waals surface area contributed by atoms with E-state index in [1.54, 1.807) is 6.20 Å². The van der Waals surface area contributed by atoms with Crippen LogP contribution in [-0.4, -0.2) is 47.0 Å². The van der Waals surface area contributed by atoms with Crippen molar-refractivity contribution in [3.05, 3.63) is 53.7 Å². The average molecular weight is 369 g/mol. The second kappa shape index (κ2) is 7.23. The zero-order valence-corrected chi connectivity index (χ0v) is 15.3. The van der Waals surface area contributed by atoms with Crippen LogP contribution in [0.1, 0.15) is 35.3 Å². The Morgan fingerprint density at radius 1 is 1.15 bits per heavy atom. The van der Waals surface area contributed by atoms with Crippen molar-refractivity contribution in [2.75, 3.05) is 31.1 Å². The highest BCUT2D eigenvalue weighted by atomic mass is 19.1. The van der Waals surface area contributed by atoms with Crippen LogP contribution in [0.15, 0.2) is 36.7 Å². The van der Waals surface area contributed by atoms with Crippen molar-refractivity contribution < 1.29 is 9.18 Å². The van der Waals surface area contributed by atoms with Crippen LogP contribution in [0.25, 0.3) is 0 Å². The van der Waals surface area contributed by atoms with Crippen molar-refractivity contribution in [3.8, 4) is 0 Å². The third-order valence-electron chi connectivity index (χ3n) is 5.70. The Labute approximate surface area is 158 Å². The summed E-state index contributed by atoms with van der Waals surface area (Å²) in [6.07, 6.45) is 6.54. The normalized spacial score (nSPS) is 23.1. The van der Waals surface area contributed by atoms with E-state index in [1.165, 1.54) is 24.8 Å². The van der Waals surface area contributed by atoms with Gasteiger partial charge in [-0.05, 0) is 43.5 Å². The number of amides is 1. The molecule has 1 aromatic heterocycles. The third kappa shape index (κ3) is 3.93. The van der Waals surface area contributed by atoms with Crippen LogP contribution in [0.4, 0.5) is 10.2 Å². The van der Waals surface area contributed by atoms with Crippen LogP contribution in [-0.2, 0) is 6.54 Å². The van der Waals surface area contributed by atoms with Gasteiger partial charge in [-0.1, -0.05) is 12.1 Å². The Bertz CT molecular complexity index is 827. The van der Waals surface area contributed by atoms with E-state index in [4.69, 9.17) is 5.73 Å². The second-order valence-corrected chi connectivity index (χ2v) is 7.74. The number of carbonyl (C=O) groups excluding carboxylic acids is 1. The first-order valence-corrected chi connectivity index (χ1v) is 9.37. The smallest absolute Gasteiger partial charge is 0.268 e. The van der Waals surface area contributed by atoms with Crippen LogP contribution in [0.2, 0.25) is 0 Å². The highest BCUT2D eigenvalue weighted by Gasteiger charge is 2.41. The van der Waals surface area contributed by atoms with Gasteiger partial charge in [-0.3, -0.25) is 14.7 Å². The topological polar surface area (TPSA) is 75.4 Å². The maximum absolute atomic E-state index is 13.1. The lowest BCUT2D eigenvalue weighted by atomic mass is 9.79. The van der Waals surface area contributed by atoms with Gasteiger partial charge >= 0.3 is 0 Å². The molecular formula is C20H24FN5O. The summed E-state index contributed by atoms with van der Waals surface area (Å²) in [5.41, 5.74) is 6.90. The molecule has 27 heavy (non-hydrogen) atoms. The Kier molecular flexibility index (Phi) is 4.78. The molecular weight excluding hydrogens is 345 g/mol. The number of piperidine rings is 1. The van der Waals surface area contributed by atoms with Crippen molar-refractivity contribution in [1.82, 2.24) is 14.9 Å². The molecule has 0 aliphatic carbocycles. The molecule has 142 valence electrons. The predicted molar refractivity (Wildman–Crippen MR) is 101 cm³/mol. The van der Waals surface area contributed by atoms with Crippen LogP contribution in [0.5, 0.6) is 0 Å². The summed E-state index contributed by atoms with van der Waals surface area (Å²) >= 11 is 0. The fraction of sp³-hybridized carbons (Fsp3) is 0.450. The number of nitrogens with two attached hydrogens (primary N) is 1. The number of hydrogen-bond acceptors (Lipinski definition) is 5. The summed E-state index contributed by atoms with van der Waals surface area (Å²) < 4.78 is 13.1. The van der Waals surface area contributed by atoms with Gasteiger partial charge in [-0.2, -0.15) is 0 Å². The molecule has 6 nitrogen and oxygen atoms in total. The maximum Gasteiger partial charge on any atom is 0.268 e. The molecule has 4 rings (SSSR count). The molecule has 1 spiro atoms. The summed E-state index contributed by atoms with van der Waals surface area (Å²) in [5.74, 6) is -0.0279. The van der Waals surface area contributed by atoms with Gasteiger partial charge in [0.15, 0.2) is 0 Å². The minimum Gasteiger partial charge on any atom is -0.364 e. The molecule has 0 radical (unpaired) electrons. The zero-order valence-electron chi connectivity index (χ0n) is 15.3. The Morgan fingerprint density at radius 3 is 2.74 bits per heavy atom. The van der Waals surface area contributed by atoms with E-state index in [0.29, 0.717) is 0 Å². The molecule has 2 saturated heterocycles. The molecule has 2 aliphatic rings. The summed E-state index contributed by atoms with van der Waals surface area (Å²) in [7, 11) is 0. The van der Waals surface area contributed by atoms with Crippen LogP contribution >= 0.6 is 0 Å². The predicted octanol–water partition coefficient (Wildman–Crippen LogP) is 2.21. The van der Waals surface area contributed by atoms with Crippen molar-refractivity contribution in [1.29, 1.82) is 0 Å². The molecule has 0 bridgehead atoms. The van der Waals surface area contributed by atoms with E-state index in [1.807, 2.05) is 12.1 Å². The van der Waals surface area contributed by atoms with Crippen molar-refractivity contribution >= 4 is 11.7 Å². The van der Waals surface area contributed by atoms with Gasteiger partial charge < -0.3 is 10.6 Å². The van der Waals surface area contributed by atoms with E-state index in [9.17, 15) is 9.18 Å². The summed E-state index contributed by atoms with van der Waals surface area (Å²) in [6, 6.07) is 6.78.